The van der Waals surface area contributed by atoms with E-state index in [-0.39, 0.29) is 12.6 Å². The van der Waals surface area contributed by atoms with Gasteiger partial charge >= 0.3 is 5.97 Å². The molecule has 0 aliphatic rings. The summed E-state index contributed by atoms with van der Waals surface area (Å²) in [6, 6.07) is 18.4. The molecule has 0 aromatic heterocycles. The van der Waals surface area contributed by atoms with Gasteiger partial charge in [-0.15, -0.1) is 0 Å². The van der Waals surface area contributed by atoms with E-state index in [9.17, 15) is 4.79 Å². The van der Waals surface area contributed by atoms with Crippen LogP contribution in [-0.2, 0) is 11.2 Å². The molecule has 3 N–H and O–H groups in total. The van der Waals surface area contributed by atoms with E-state index >= 15 is 0 Å². The van der Waals surface area contributed by atoms with Gasteiger partial charge in [-0.1, -0.05) is 64.0 Å². The van der Waals surface area contributed by atoms with Crippen LogP contribution in [0.25, 0.3) is 11.1 Å². The number of carboxylic acids is 1. The second kappa shape index (κ2) is 8.78. The quantitative estimate of drug-likeness (QED) is 0.651. The predicted octanol–water partition coefficient (Wildman–Crippen LogP) is 2.73. The molecular formula is C18H22NO3P. The van der Waals surface area contributed by atoms with Gasteiger partial charge in [0.15, 0.2) is 0 Å². The smallest absolute Gasteiger partial charge is 0.308 e. The zero-order chi connectivity index (χ0) is 16.7. The molecule has 4 nitrogen and oxygen atoms in total. The molecule has 0 aliphatic carbocycles. The van der Waals surface area contributed by atoms with Gasteiger partial charge in [0, 0.05) is 6.04 Å². The van der Waals surface area contributed by atoms with Crippen LogP contribution in [0.5, 0.6) is 0 Å². The Morgan fingerprint density at radius 3 is 2.17 bits per heavy atom. The Labute approximate surface area is 138 Å². The van der Waals surface area contributed by atoms with Crippen molar-refractivity contribution in [1.82, 2.24) is 5.09 Å². The lowest BCUT2D eigenvalue weighted by Crippen LogP contribution is -2.31. The first kappa shape index (κ1) is 17.6. The molecule has 2 aromatic rings. The summed E-state index contributed by atoms with van der Waals surface area (Å²) in [6.45, 7) is -0.342. The topological polar surface area (TPSA) is 69.6 Å². The number of aliphatic hydroxyl groups excluding tert-OH is 1. The number of benzene rings is 2. The van der Waals surface area contributed by atoms with E-state index in [0.717, 1.165) is 11.1 Å². The molecule has 3 atom stereocenters. The summed E-state index contributed by atoms with van der Waals surface area (Å²) in [5.74, 6) is -1.70. The number of nitrogens with one attached hydrogen (secondary N) is 1. The number of hydrogen-bond donors (Lipinski definition) is 3. The molecule has 23 heavy (non-hydrogen) atoms. The van der Waals surface area contributed by atoms with Crippen LogP contribution in [0, 0.1) is 5.92 Å². The number of carbonyl (C=O) groups is 1. The third-order valence-electron chi connectivity index (χ3n) is 3.92. The number of hydrogen-bond acceptors (Lipinski definition) is 3. The van der Waals surface area contributed by atoms with E-state index in [1.165, 1.54) is 5.56 Å². The van der Waals surface area contributed by atoms with Crippen LogP contribution in [0.15, 0.2) is 54.6 Å². The predicted molar refractivity (Wildman–Crippen MR) is 95.0 cm³/mol. The van der Waals surface area contributed by atoms with Crippen molar-refractivity contribution in [3.05, 3.63) is 60.2 Å². The standard InChI is InChI=1S/C18H22NO3P/c20-12-16(18(21)22)11-17(19-23)10-13-6-8-15(9-7-13)14-4-2-1-3-5-14/h1-9,16-17,19-20H,10-12,23H2,(H,21,22)/t16-,17+/m0/s1. The highest BCUT2D eigenvalue weighted by atomic mass is 31.0. The van der Waals surface area contributed by atoms with Crippen molar-refractivity contribution in [3.8, 4) is 11.1 Å². The molecule has 5 heteroatoms. The monoisotopic (exact) mass is 331 g/mol. The Bertz CT molecular complexity index is 616. The molecule has 0 aliphatic heterocycles. The lowest BCUT2D eigenvalue weighted by atomic mass is 9.95. The van der Waals surface area contributed by atoms with Crippen LogP contribution in [0.3, 0.4) is 0 Å². The molecule has 0 saturated carbocycles. The summed E-state index contributed by atoms with van der Waals surface area (Å²) in [6.07, 6.45) is 1.10. The van der Waals surface area contributed by atoms with E-state index < -0.39 is 11.9 Å². The van der Waals surface area contributed by atoms with E-state index in [2.05, 4.69) is 50.9 Å². The molecule has 2 rings (SSSR count). The third-order valence-corrected chi connectivity index (χ3v) is 4.39. The minimum atomic E-state index is -0.961. The van der Waals surface area contributed by atoms with Crippen LogP contribution < -0.4 is 5.09 Å². The summed E-state index contributed by atoms with van der Waals surface area (Å²) >= 11 is 0. The van der Waals surface area contributed by atoms with Gasteiger partial charge in [-0.2, -0.15) is 0 Å². The van der Waals surface area contributed by atoms with Gasteiger partial charge in [-0.05, 0) is 29.5 Å². The Morgan fingerprint density at radius 2 is 1.65 bits per heavy atom. The van der Waals surface area contributed by atoms with E-state index in [1.807, 2.05) is 18.2 Å². The van der Waals surface area contributed by atoms with E-state index in [1.54, 1.807) is 0 Å². The average Bonchev–Trinajstić information content (AvgIpc) is 2.59. The number of carboxylic acid groups (broad SMARTS) is 1. The molecule has 0 saturated heterocycles. The molecule has 0 fully saturated rings. The Kier molecular flexibility index (Phi) is 6.72. The van der Waals surface area contributed by atoms with Gasteiger partial charge in [-0.3, -0.25) is 9.88 Å². The van der Waals surface area contributed by atoms with Crippen molar-refractivity contribution in [2.75, 3.05) is 6.61 Å². The Balaban J connectivity index is 2.03. The minimum Gasteiger partial charge on any atom is -0.481 e. The Hall–Kier alpha value is -1.74. The van der Waals surface area contributed by atoms with Crippen molar-refractivity contribution in [2.45, 2.75) is 18.9 Å². The van der Waals surface area contributed by atoms with Gasteiger partial charge in [-0.25, -0.2) is 0 Å². The third kappa shape index (κ3) is 5.14. The van der Waals surface area contributed by atoms with Crippen LogP contribution in [0.4, 0.5) is 0 Å². The molecule has 2 aromatic carbocycles. The summed E-state index contributed by atoms with van der Waals surface area (Å²) in [5, 5.41) is 21.3. The van der Waals surface area contributed by atoms with Gasteiger partial charge in [0.05, 0.1) is 12.5 Å². The lowest BCUT2D eigenvalue weighted by Gasteiger charge is -2.19. The van der Waals surface area contributed by atoms with Crippen LogP contribution in [0.1, 0.15) is 12.0 Å². The maximum Gasteiger partial charge on any atom is 0.308 e. The fraction of sp³-hybridized carbons (Fsp3) is 0.278. The molecule has 0 bridgehead atoms. The van der Waals surface area contributed by atoms with E-state index in [0.29, 0.717) is 12.8 Å². The lowest BCUT2D eigenvalue weighted by molar-refractivity contribution is -0.143. The van der Waals surface area contributed by atoms with Crippen molar-refractivity contribution >= 4 is 15.4 Å². The second-order valence-corrected chi connectivity index (χ2v) is 5.92. The summed E-state index contributed by atoms with van der Waals surface area (Å²) < 4.78 is 0. The highest BCUT2D eigenvalue weighted by Crippen LogP contribution is 2.20. The van der Waals surface area contributed by atoms with Crippen LogP contribution in [-0.4, -0.2) is 28.8 Å². The summed E-state index contributed by atoms with van der Waals surface area (Å²) in [4.78, 5) is 11.0. The zero-order valence-electron chi connectivity index (χ0n) is 12.9. The first-order valence-electron chi connectivity index (χ1n) is 7.58. The van der Waals surface area contributed by atoms with Crippen molar-refractivity contribution < 1.29 is 15.0 Å². The highest BCUT2D eigenvalue weighted by molar-refractivity contribution is 7.13. The summed E-state index contributed by atoms with van der Waals surface area (Å²) in [7, 11) is 2.44. The van der Waals surface area contributed by atoms with Gasteiger partial charge in [0.25, 0.3) is 0 Å². The molecule has 1 unspecified atom stereocenters. The molecular weight excluding hydrogens is 309 g/mol. The molecule has 0 heterocycles. The van der Waals surface area contributed by atoms with Gasteiger partial charge in [0.1, 0.15) is 0 Å². The van der Waals surface area contributed by atoms with Gasteiger partial charge < -0.3 is 10.2 Å². The second-order valence-electron chi connectivity index (χ2n) is 5.58. The number of rotatable bonds is 8. The molecule has 0 spiro atoms. The van der Waals surface area contributed by atoms with E-state index in [4.69, 9.17) is 10.2 Å². The largest absolute Gasteiger partial charge is 0.481 e. The first-order valence-corrected chi connectivity index (χ1v) is 8.16. The van der Waals surface area contributed by atoms with Crippen LogP contribution >= 0.6 is 9.39 Å². The number of aliphatic carboxylic acids is 1. The number of aliphatic hydroxyl groups is 1. The SMILES string of the molecule is O=C(O)[C@H](CO)C[C@@H](Cc1ccc(-c2ccccc2)cc1)NP. The Morgan fingerprint density at radius 1 is 1.04 bits per heavy atom. The molecule has 122 valence electrons. The molecule has 0 radical (unpaired) electrons. The van der Waals surface area contributed by atoms with Crippen molar-refractivity contribution in [3.63, 3.8) is 0 Å². The normalized spacial score (nSPS) is 13.5. The maximum absolute atomic E-state index is 11.0. The molecule has 0 amide bonds. The fourth-order valence-electron chi connectivity index (χ4n) is 2.56. The van der Waals surface area contributed by atoms with Crippen molar-refractivity contribution in [1.29, 1.82) is 0 Å². The first-order chi connectivity index (χ1) is 11.1. The summed E-state index contributed by atoms with van der Waals surface area (Å²) in [5.41, 5.74) is 3.46. The van der Waals surface area contributed by atoms with Crippen LogP contribution in [0.2, 0.25) is 0 Å². The highest BCUT2D eigenvalue weighted by Gasteiger charge is 2.21. The minimum absolute atomic E-state index is 0.0178. The maximum atomic E-state index is 11.0. The van der Waals surface area contributed by atoms with Crippen molar-refractivity contribution in [2.24, 2.45) is 5.92 Å². The zero-order valence-corrected chi connectivity index (χ0v) is 14.0. The average molecular weight is 331 g/mol. The fourth-order valence-corrected chi connectivity index (χ4v) is 2.81. The van der Waals surface area contributed by atoms with Gasteiger partial charge in [0.2, 0.25) is 0 Å².